The smallest absolute Gasteiger partial charge is 0.0923 e. The van der Waals surface area contributed by atoms with E-state index < -0.39 is 0 Å². The second-order valence-corrected chi connectivity index (χ2v) is 2.54. The van der Waals surface area contributed by atoms with Crippen LogP contribution in [0, 0.1) is 6.42 Å². The largest absolute Gasteiger partial charge is 0.351 e. The molecule has 1 N–H and O–H groups in total. The quantitative estimate of drug-likeness (QED) is 0.679. The van der Waals surface area contributed by atoms with Crippen molar-refractivity contribution in [2.45, 2.75) is 26.2 Å². The number of aromatic amines is 1. The predicted molar refractivity (Wildman–Crippen MR) is 41.6 cm³/mol. The van der Waals surface area contributed by atoms with Gasteiger partial charge in [0.15, 0.2) is 0 Å². The van der Waals surface area contributed by atoms with Crippen LogP contribution in [0.15, 0.2) is 12.5 Å². The summed E-state index contributed by atoms with van der Waals surface area (Å²) in [6.07, 6.45) is 6.94. The topological polar surface area (TPSA) is 28.7 Å². The van der Waals surface area contributed by atoms with Crippen LogP contribution in [0.3, 0.4) is 0 Å². The lowest BCUT2D eigenvalue weighted by Crippen LogP contribution is -1.92. The molecule has 0 amide bonds. The van der Waals surface area contributed by atoms with Crippen molar-refractivity contribution in [3.63, 3.8) is 0 Å². The Hall–Kier alpha value is -0.790. The molecule has 2 heteroatoms. The predicted octanol–water partition coefficient (Wildman–Crippen LogP) is 2.13. The summed E-state index contributed by atoms with van der Waals surface area (Å²) in [5.41, 5.74) is 1.15. The van der Waals surface area contributed by atoms with Crippen LogP contribution in [0.5, 0.6) is 0 Å². The molecular weight excluding hydrogens is 124 g/mol. The summed E-state index contributed by atoms with van der Waals surface area (Å²) in [6, 6.07) is 0. The molecule has 1 radical (unpaired) electrons. The summed E-state index contributed by atoms with van der Waals surface area (Å²) in [5.74, 6) is 0.552. The molecule has 55 valence electrons. The maximum absolute atomic E-state index is 4.16. The zero-order valence-corrected chi connectivity index (χ0v) is 6.46. The summed E-state index contributed by atoms with van der Waals surface area (Å²) in [5, 5.41) is 0. The van der Waals surface area contributed by atoms with Crippen molar-refractivity contribution in [2.75, 3.05) is 0 Å². The summed E-state index contributed by atoms with van der Waals surface area (Å²) in [7, 11) is 0. The van der Waals surface area contributed by atoms with E-state index in [4.69, 9.17) is 0 Å². The Balaban J connectivity index is 2.50. The summed E-state index contributed by atoms with van der Waals surface area (Å²) >= 11 is 0. The summed E-state index contributed by atoms with van der Waals surface area (Å²) < 4.78 is 0. The maximum Gasteiger partial charge on any atom is 0.0923 e. The van der Waals surface area contributed by atoms with Crippen LogP contribution < -0.4 is 0 Å². The van der Waals surface area contributed by atoms with E-state index in [-0.39, 0.29) is 0 Å². The molecule has 1 heterocycles. The number of hydrogen-bond donors (Lipinski definition) is 1. The maximum atomic E-state index is 4.16. The van der Waals surface area contributed by atoms with Gasteiger partial charge in [-0.2, -0.15) is 0 Å². The van der Waals surface area contributed by atoms with Crippen molar-refractivity contribution < 1.29 is 0 Å². The highest BCUT2D eigenvalue weighted by molar-refractivity contribution is 5.02. The van der Waals surface area contributed by atoms with Crippen LogP contribution in [-0.2, 0) is 0 Å². The van der Waals surface area contributed by atoms with Gasteiger partial charge in [0, 0.05) is 12.1 Å². The van der Waals surface area contributed by atoms with Gasteiger partial charge in [-0.25, -0.2) is 4.98 Å². The molecule has 0 saturated carbocycles. The van der Waals surface area contributed by atoms with E-state index >= 15 is 0 Å². The van der Waals surface area contributed by atoms with Gasteiger partial charge in [0.1, 0.15) is 0 Å². The van der Waals surface area contributed by atoms with E-state index in [9.17, 15) is 0 Å². The molecule has 0 bridgehead atoms. The Bertz CT molecular complexity index is 167. The lowest BCUT2D eigenvalue weighted by atomic mass is 10.0. The van der Waals surface area contributed by atoms with Crippen LogP contribution in [0.1, 0.15) is 31.9 Å². The van der Waals surface area contributed by atoms with Gasteiger partial charge in [0.25, 0.3) is 0 Å². The van der Waals surface area contributed by atoms with Crippen LogP contribution in [0.25, 0.3) is 0 Å². The number of aromatic nitrogens is 2. The van der Waals surface area contributed by atoms with Gasteiger partial charge in [0.05, 0.1) is 12.0 Å². The Morgan fingerprint density at radius 3 is 3.10 bits per heavy atom. The molecule has 0 aromatic carbocycles. The third-order valence-electron chi connectivity index (χ3n) is 1.61. The number of H-pyrrole nitrogens is 1. The SMILES string of the molecule is C[CH]CC(C)c1c[nH]cn1. The molecule has 0 fully saturated rings. The highest BCUT2D eigenvalue weighted by atomic mass is 14.9. The first-order chi connectivity index (χ1) is 4.84. The monoisotopic (exact) mass is 137 g/mol. The Kier molecular flexibility index (Phi) is 2.49. The van der Waals surface area contributed by atoms with Crippen LogP contribution in [-0.4, -0.2) is 9.97 Å². The fourth-order valence-electron chi connectivity index (χ4n) is 1.02. The molecule has 0 aliphatic heterocycles. The standard InChI is InChI=1S/C8H13N2/c1-3-4-7(2)8-5-9-6-10-8/h3,5-7H,4H2,1-2H3,(H,9,10). The van der Waals surface area contributed by atoms with Gasteiger partial charge in [-0.1, -0.05) is 13.8 Å². The molecular formula is C8H13N2. The summed E-state index contributed by atoms with van der Waals surface area (Å²) in [6.45, 7) is 4.25. The number of nitrogens with zero attached hydrogens (tertiary/aromatic N) is 1. The average molecular weight is 137 g/mol. The number of rotatable bonds is 3. The first-order valence-corrected chi connectivity index (χ1v) is 3.61. The molecule has 1 rings (SSSR count). The molecule has 10 heavy (non-hydrogen) atoms. The summed E-state index contributed by atoms with van der Waals surface area (Å²) in [4.78, 5) is 7.10. The van der Waals surface area contributed by atoms with Gasteiger partial charge < -0.3 is 4.98 Å². The second-order valence-electron chi connectivity index (χ2n) is 2.54. The molecule has 1 aromatic rings. The lowest BCUT2D eigenvalue weighted by molar-refractivity contribution is 0.726. The van der Waals surface area contributed by atoms with Gasteiger partial charge >= 0.3 is 0 Å². The van der Waals surface area contributed by atoms with Crippen molar-refractivity contribution >= 4 is 0 Å². The van der Waals surface area contributed by atoms with Crippen LogP contribution in [0.4, 0.5) is 0 Å². The van der Waals surface area contributed by atoms with Crippen molar-refractivity contribution in [2.24, 2.45) is 0 Å². The molecule has 1 atom stereocenters. The fraction of sp³-hybridized carbons (Fsp3) is 0.500. The van der Waals surface area contributed by atoms with Gasteiger partial charge in [0.2, 0.25) is 0 Å². The fourth-order valence-corrected chi connectivity index (χ4v) is 1.02. The molecule has 2 nitrogen and oxygen atoms in total. The van der Waals surface area contributed by atoms with Gasteiger partial charge in [-0.05, 0) is 12.8 Å². The van der Waals surface area contributed by atoms with Crippen molar-refractivity contribution in [3.05, 3.63) is 24.6 Å². The van der Waals surface area contributed by atoms with E-state index in [1.165, 1.54) is 0 Å². The third kappa shape index (κ3) is 1.59. The molecule has 0 aliphatic rings. The van der Waals surface area contributed by atoms with Crippen molar-refractivity contribution in [3.8, 4) is 0 Å². The van der Waals surface area contributed by atoms with Crippen molar-refractivity contribution in [1.82, 2.24) is 9.97 Å². The highest BCUT2D eigenvalue weighted by Crippen LogP contribution is 2.16. The Labute approximate surface area is 61.7 Å². The normalized spacial score (nSPS) is 13.4. The van der Waals surface area contributed by atoms with E-state index in [0.717, 1.165) is 12.1 Å². The first kappa shape index (κ1) is 7.32. The molecule has 1 unspecified atom stereocenters. The van der Waals surface area contributed by atoms with Gasteiger partial charge in [-0.15, -0.1) is 0 Å². The number of imidazole rings is 1. The molecule has 0 spiro atoms. The van der Waals surface area contributed by atoms with E-state index in [2.05, 4.69) is 30.2 Å². The molecule has 0 aliphatic carbocycles. The Morgan fingerprint density at radius 2 is 2.60 bits per heavy atom. The minimum Gasteiger partial charge on any atom is -0.351 e. The third-order valence-corrected chi connectivity index (χ3v) is 1.61. The Morgan fingerprint density at radius 1 is 1.80 bits per heavy atom. The average Bonchev–Trinajstić information content (AvgIpc) is 2.38. The minimum atomic E-state index is 0.552. The lowest BCUT2D eigenvalue weighted by Gasteiger charge is -2.03. The van der Waals surface area contributed by atoms with Crippen molar-refractivity contribution in [1.29, 1.82) is 0 Å². The minimum absolute atomic E-state index is 0.552. The highest BCUT2D eigenvalue weighted by Gasteiger charge is 2.04. The zero-order chi connectivity index (χ0) is 7.40. The number of hydrogen-bond acceptors (Lipinski definition) is 1. The van der Waals surface area contributed by atoms with Crippen LogP contribution in [0.2, 0.25) is 0 Å². The number of nitrogens with one attached hydrogen (secondary N) is 1. The first-order valence-electron chi connectivity index (χ1n) is 3.61. The molecule has 0 saturated heterocycles. The second kappa shape index (κ2) is 3.40. The zero-order valence-electron chi connectivity index (χ0n) is 6.46. The van der Waals surface area contributed by atoms with Crippen LogP contribution >= 0.6 is 0 Å². The van der Waals surface area contributed by atoms with E-state index in [0.29, 0.717) is 5.92 Å². The van der Waals surface area contributed by atoms with E-state index in [1.54, 1.807) is 6.33 Å². The van der Waals surface area contributed by atoms with E-state index in [1.807, 2.05) is 6.20 Å². The van der Waals surface area contributed by atoms with Gasteiger partial charge in [-0.3, -0.25) is 0 Å². The molecule has 1 aromatic heterocycles.